The molecule has 8 heteroatoms. The molecule has 0 saturated heterocycles. The summed E-state index contributed by atoms with van der Waals surface area (Å²) in [4.78, 5) is 13.3. The summed E-state index contributed by atoms with van der Waals surface area (Å²) in [6.45, 7) is 0. The lowest BCUT2D eigenvalue weighted by atomic mass is 10.2. The third-order valence-electron chi connectivity index (χ3n) is 2.85. The van der Waals surface area contributed by atoms with Gasteiger partial charge in [-0.1, -0.05) is 23.7 Å². The maximum absolute atomic E-state index is 12.5. The Morgan fingerprint density at radius 2 is 2.00 bits per heavy atom. The number of para-hydroxylation sites is 1. The van der Waals surface area contributed by atoms with E-state index in [0.717, 1.165) is 16.6 Å². The minimum absolute atomic E-state index is 0.164. The van der Waals surface area contributed by atoms with Crippen molar-refractivity contribution in [3.8, 4) is 6.07 Å². The van der Waals surface area contributed by atoms with Gasteiger partial charge < -0.3 is 4.98 Å². The Morgan fingerprint density at radius 1 is 1.33 bits per heavy atom. The zero-order valence-electron chi connectivity index (χ0n) is 10.9. The summed E-state index contributed by atoms with van der Waals surface area (Å²) in [6.07, 6.45) is 1.06. The number of sulfonamides is 1. The summed E-state index contributed by atoms with van der Waals surface area (Å²) in [5.41, 5.74) is -0.114. The van der Waals surface area contributed by atoms with Crippen LogP contribution in [0.15, 0.2) is 46.2 Å². The molecule has 0 bridgehead atoms. The molecule has 21 heavy (non-hydrogen) atoms. The first-order valence-electron chi connectivity index (χ1n) is 5.74. The van der Waals surface area contributed by atoms with Crippen molar-refractivity contribution in [2.45, 2.75) is 4.90 Å². The van der Waals surface area contributed by atoms with Crippen molar-refractivity contribution >= 4 is 27.3 Å². The van der Waals surface area contributed by atoms with Gasteiger partial charge in [0, 0.05) is 13.2 Å². The monoisotopic (exact) mass is 323 g/mol. The Kier molecular flexibility index (Phi) is 4.02. The molecule has 1 heterocycles. The van der Waals surface area contributed by atoms with Crippen LogP contribution in [0.1, 0.15) is 5.56 Å². The SMILES string of the molecule is CN(c1ccccc1C#N)S(=O)(=O)c1c[nH]c(=O)c(Cl)c1. The molecule has 2 aromatic rings. The molecule has 0 aliphatic rings. The number of anilines is 1. The standard InChI is InChI=1S/C13H10ClN3O3S/c1-17(12-5-3-2-4-9(12)7-15)21(19,20)10-6-11(14)13(18)16-8-10/h2-6,8H,1H3,(H,16,18). The fourth-order valence-corrected chi connectivity index (χ4v) is 3.16. The van der Waals surface area contributed by atoms with Gasteiger partial charge in [0.2, 0.25) is 0 Å². The van der Waals surface area contributed by atoms with E-state index >= 15 is 0 Å². The number of benzene rings is 1. The Morgan fingerprint density at radius 3 is 2.62 bits per heavy atom. The van der Waals surface area contributed by atoms with Gasteiger partial charge in [-0.3, -0.25) is 9.10 Å². The van der Waals surface area contributed by atoms with Crippen LogP contribution in [0.4, 0.5) is 5.69 Å². The topological polar surface area (TPSA) is 94.0 Å². The number of halogens is 1. The van der Waals surface area contributed by atoms with Crippen molar-refractivity contribution in [1.82, 2.24) is 4.98 Å². The van der Waals surface area contributed by atoms with Gasteiger partial charge in [-0.2, -0.15) is 5.26 Å². The molecule has 1 aromatic carbocycles. The molecule has 0 amide bonds. The number of hydrogen-bond donors (Lipinski definition) is 1. The highest BCUT2D eigenvalue weighted by Crippen LogP contribution is 2.25. The van der Waals surface area contributed by atoms with E-state index < -0.39 is 15.6 Å². The average Bonchev–Trinajstić information content (AvgIpc) is 2.49. The van der Waals surface area contributed by atoms with E-state index in [4.69, 9.17) is 16.9 Å². The van der Waals surface area contributed by atoms with Crippen LogP contribution >= 0.6 is 11.6 Å². The number of rotatable bonds is 3. The molecular formula is C13H10ClN3O3S. The number of nitriles is 1. The summed E-state index contributed by atoms with van der Waals surface area (Å²) < 4.78 is 26.0. The van der Waals surface area contributed by atoms with Crippen LogP contribution in [0.25, 0.3) is 0 Å². The van der Waals surface area contributed by atoms with Gasteiger partial charge in [0.25, 0.3) is 15.6 Å². The smallest absolute Gasteiger partial charge is 0.266 e. The molecule has 0 atom stereocenters. The minimum Gasteiger partial charge on any atom is -0.326 e. The van der Waals surface area contributed by atoms with Crippen LogP contribution in [0.3, 0.4) is 0 Å². The second kappa shape index (κ2) is 5.60. The highest BCUT2D eigenvalue weighted by Gasteiger charge is 2.24. The summed E-state index contributed by atoms with van der Waals surface area (Å²) in [5, 5.41) is 8.82. The molecule has 0 spiro atoms. The molecule has 0 unspecified atom stereocenters. The van der Waals surface area contributed by atoms with Crippen LogP contribution in [0.2, 0.25) is 5.02 Å². The van der Waals surface area contributed by atoms with E-state index in [0.29, 0.717) is 0 Å². The number of aromatic nitrogens is 1. The first-order valence-corrected chi connectivity index (χ1v) is 7.56. The van der Waals surface area contributed by atoms with E-state index in [2.05, 4.69) is 4.98 Å². The minimum atomic E-state index is -3.94. The predicted molar refractivity (Wildman–Crippen MR) is 78.8 cm³/mol. The average molecular weight is 324 g/mol. The van der Waals surface area contributed by atoms with Crippen molar-refractivity contribution in [1.29, 1.82) is 5.26 Å². The third-order valence-corrected chi connectivity index (χ3v) is 4.88. The first kappa shape index (κ1) is 15.1. The molecule has 2 rings (SSSR count). The molecule has 1 aromatic heterocycles. The summed E-state index contributed by atoms with van der Waals surface area (Å²) in [7, 11) is -2.61. The molecule has 1 N–H and O–H groups in total. The number of nitrogens with one attached hydrogen (secondary N) is 1. The van der Waals surface area contributed by atoms with Gasteiger partial charge in [-0.15, -0.1) is 0 Å². The van der Waals surface area contributed by atoms with Gasteiger partial charge in [0.05, 0.1) is 11.3 Å². The molecule has 0 aliphatic heterocycles. The lowest BCUT2D eigenvalue weighted by molar-refractivity contribution is 0.594. The second-order valence-corrected chi connectivity index (χ2v) is 6.49. The summed E-state index contributed by atoms with van der Waals surface area (Å²) in [5.74, 6) is 0. The maximum Gasteiger partial charge on any atom is 0.266 e. The molecule has 0 radical (unpaired) electrons. The van der Waals surface area contributed by atoms with Gasteiger partial charge in [-0.25, -0.2) is 8.42 Å². The molecule has 0 saturated carbocycles. The van der Waals surface area contributed by atoms with Crippen molar-refractivity contribution < 1.29 is 8.42 Å². The van der Waals surface area contributed by atoms with Gasteiger partial charge in [0.1, 0.15) is 16.0 Å². The van der Waals surface area contributed by atoms with Gasteiger partial charge in [0.15, 0.2) is 0 Å². The second-order valence-electron chi connectivity index (χ2n) is 4.11. The first-order chi connectivity index (χ1) is 9.87. The largest absolute Gasteiger partial charge is 0.326 e. The number of aromatic amines is 1. The van der Waals surface area contributed by atoms with Crippen LogP contribution in [-0.2, 0) is 10.0 Å². The quantitative estimate of drug-likeness (QED) is 0.930. The van der Waals surface area contributed by atoms with Crippen LogP contribution < -0.4 is 9.86 Å². The van der Waals surface area contributed by atoms with Gasteiger partial charge >= 0.3 is 0 Å². The Hall–Kier alpha value is -2.30. The van der Waals surface area contributed by atoms with E-state index in [9.17, 15) is 13.2 Å². The van der Waals surface area contributed by atoms with Crippen LogP contribution in [0.5, 0.6) is 0 Å². The fourth-order valence-electron chi connectivity index (χ4n) is 1.72. The summed E-state index contributed by atoms with van der Waals surface area (Å²) in [6, 6.07) is 9.30. The molecule has 108 valence electrons. The van der Waals surface area contributed by atoms with E-state index in [1.807, 2.05) is 6.07 Å². The summed E-state index contributed by atoms with van der Waals surface area (Å²) >= 11 is 5.65. The highest BCUT2D eigenvalue weighted by molar-refractivity contribution is 7.92. The molecular weight excluding hydrogens is 314 g/mol. The third kappa shape index (κ3) is 2.77. The van der Waals surface area contributed by atoms with Crippen LogP contribution in [-0.4, -0.2) is 20.4 Å². The van der Waals surface area contributed by atoms with Crippen molar-refractivity contribution in [2.24, 2.45) is 0 Å². The lowest BCUT2D eigenvalue weighted by Crippen LogP contribution is -2.28. The van der Waals surface area contributed by atoms with E-state index in [1.54, 1.807) is 12.1 Å². The zero-order chi connectivity index (χ0) is 15.6. The molecule has 6 nitrogen and oxygen atoms in total. The van der Waals surface area contributed by atoms with Crippen molar-refractivity contribution in [3.05, 3.63) is 57.5 Å². The van der Waals surface area contributed by atoms with Crippen molar-refractivity contribution in [3.63, 3.8) is 0 Å². The molecule has 0 fully saturated rings. The number of pyridine rings is 1. The lowest BCUT2D eigenvalue weighted by Gasteiger charge is -2.20. The normalized spacial score (nSPS) is 10.9. The number of hydrogen-bond acceptors (Lipinski definition) is 4. The Labute approximate surface area is 126 Å². The Balaban J connectivity index is 2.56. The fraction of sp³-hybridized carbons (Fsp3) is 0.0769. The number of H-pyrrole nitrogens is 1. The van der Waals surface area contributed by atoms with E-state index in [1.165, 1.54) is 19.2 Å². The highest BCUT2D eigenvalue weighted by atomic mass is 35.5. The maximum atomic E-state index is 12.5. The Bertz CT molecular complexity index is 884. The van der Waals surface area contributed by atoms with Gasteiger partial charge in [-0.05, 0) is 18.2 Å². The van der Waals surface area contributed by atoms with E-state index in [-0.39, 0.29) is 21.2 Å². The molecule has 0 aliphatic carbocycles. The van der Waals surface area contributed by atoms with Crippen LogP contribution in [0, 0.1) is 11.3 Å². The predicted octanol–water partition coefficient (Wildman–Crippen LogP) is 1.73. The number of nitrogens with zero attached hydrogens (tertiary/aromatic N) is 2. The zero-order valence-corrected chi connectivity index (χ0v) is 12.4. The van der Waals surface area contributed by atoms with Crippen molar-refractivity contribution in [2.75, 3.05) is 11.4 Å².